The van der Waals surface area contributed by atoms with E-state index in [4.69, 9.17) is 4.74 Å². The van der Waals surface area contributed by atoms with Gasteiger partial charge in [-0.05, 0) is 19.9 Å². The molecule has 0 bridgehead atoms. The highest BCUT2D eigenvalue weighted by atomic mass is 16.5. The highest BCUT2D eigenvalue weighted by Gasteiger charge is 2.26. The molecule has 0 fully saturated rings. The minimum absolute atomic E-state index is 0.262. The second-order valence-electron chi connectivity index (χ2n) is 3.33. The van der Waals surface area contributed by atoms with Gasteiger partial charge in [0.2, 0.25) is 0 Å². The molecule has 0 amide bonds. The molecule has 1 aliphatic rings. The Morgan fingerprint density at radius 2 is 2.27 bits per heavy atom. The molecule has 0 aromatic rings. The molecule has 0 saturated carbocycles. The lowest BCUT2D eigenvalue weighted by molar-refractivity contribution is 0.0768. The van der Waals surface area contributed by atoms with E-state index in [9.17, 15) is 0 Å². The molecule has 0 aromatic heterocycles. The third kappa shape index (κ3) is 1.56. The van der Waals surface area contributed by atoms with E-state index in [1.54, 1.807) is 6.26 Å². The van der Waals surface area contributed by atoms with Gasteiger partial charge in [0.05, 0.1) is 6.26 Å². The molecule has 1 aliphatic heterocycles. The number of rotatable bonds is 0. The Morgan fingerprint density at radius 1 is 1.64 bits per heavy atom. The third-order valence-electron chi connectivity index (χ3n) is 1.99. The third-order valence-corrected chi connectivity index (χ3v) is 1.99. The van der Waals surface area contributed by atoms with Crippen LogP contribution in [0.15, 0.2) is 24.6 Å². The number of ether oxygens (including phenoxy) is 1. The van der Waals surface area contributed by atoms with Crippen LogP contribution in [-0.4, -0.2) is 24.1 Å². The standard InChI is InChI=1S/C9H15NO/c1-8-9(2,3)11-7-5-6-10(8)4/h5,7H,1,6H2,2-4H3. The molecule has 62 valence electrons. The summed E-state index contributed by atoms with van der Waals surface area (Å²) in [5.74, 6) is 0. The predicted octanol–water partition coefficient (Wildman–Crippen LogP) is 1.75. The SMILES string of the molecule is C=C1N(C)CC=COC1(C)C. The fourth-order valence-corrected chi connectivity index (χ4v) is 1.06. The second-order valence-corrected chi connectivity index (χ2v) is 3.33. The van der Waals surface area contributed by atoms with E-state index in [1.165, 1.54) is 0 Å². The lowest BCUT2D eigenvalue weighted by atomic mass is 10.1. The maximum absolute atomic E-state index is 5.45. The van der Waals surface area contributed by atoms with Crippen molar-refractivity contribution in [2.24, 2.45) is 0 Å². The van der Waals surface area contributed by atoms with Gasteiger partial charge in [0.15, 0.2) is 0 Å². The number of likely N-dealkylation sites (N-methyl/N-ethyl adjacent to an activating group) is 1. The Bertz CT molecular complexity index is 194. The zero-order valence-electron chi connectivity index (χ0n) is 7.42. The molecule has 0 aliphatic carbocycles. The van der Waals surface area contributed by atoms with Crippen LogP contribution in [0.25, 0.3) is 0 Å². The topological polar surface area (TPSA) is 12.5 Å². The van der Waals surface area contributed by atoms with Crippen LogP contribution in [0.5, 0.6) is 0 Å². The van der Waals surface area contributed by atoms with E-state index in [2.05, 4.69) is 11.5 Å². The minimum Gasteiger partial charge on any atom is -0.490 e. The summed E-state index contributed by atoms with van der Waals surface area (Å²) in [5, 5.41) is 0. The van der Waals surface area contributed by atoms with Gasteiger partial charge in [-0.25, -0.2) is 0 Å². The van der Waals surface area contributed by atoms with E-state index in [0.717, 1.165) is 12.2 Å². The van der Waals surface area contributed by atoms with Gasteiger partial charge in [0.25, 0.3) is 0 Å². The molecule has 0 saturated heterocycles. The van der Waals surface area contributed by atoms with E-state index in [0.29, 0.717) is 0 Å². The molecular weight excluding hydrogens is 138 g/mol. The quantitative estimate of drug-likeness (QED) is 0.525. The summed E-state index contributed by atoms with van der Waals surface area (Å²) in [4.78, 5) is 2.09. The van der Waals surface area contributed by atoms with Crippen molar-refractivity contribution in [1.82, 2.24) is 4.90 Å². The summed E-state index contributed by atoms with van der Waals surface area (Å²) >= 11 is 0. The first-order valence-corrected chi connectivity index (χ1v) is 3.77. The summed E-state index contributed by atoms with van der Waals surface area (Å²) in [7, 11) is 2.02. The molecule has 2 nitrogen and oxygen atoms in total. The first-order chi connectivity index (χ1) is 5.04. The fourth-order valence-electron chi connectivity index (χ4n) is 1.06. The van der Waals surface area contributed by atoms with E-state index in [-0.39, 0.29) is 5.60 Å². The van der Waals surface area contributed by atoms with Crippen molar-refractivity contribution in [3.63, 3.8) is 0 Å². The van der Waals surface area contributed by atoms with Crippen molar-refractivity contribution >= 4 is 0 Å². The van der Waals surface area contributed by atoms with Crippen LogP contribution in [0, 0.1) is 0 Å². The van der Waals surface area contributed by atoms with E-state index < -0.39 is 0 Å². The van der Waals surface area contributed by atoms with Crippen molar-refractivity contribution in [3.8, 4) is 0 Å². The molecule has 0 N–H and O–H groups in total. The summed E-state index contributed by atoms with van der Waals surface area (Å²) in [6.45, 7) is 8.88. The molecule has 0 aromatic carbocycles. The van der Waals surface area contributed by atoms with E-state index >= 15 is 0 Å². The van der Waals surface area contributed by atoms with Crippen molar-refractivity contribution < 1.29 is 4.74 Å². The van der Waals surface area contributed by atoms with Gasteiger partial charge in [0.1, 0.15) is 5.60 Å². The Kier molecular flexibility index (Phi) is 1.94. The summed E-state index contributed by atoms with van der Waals surface area (Å²) < 4.78 is 5.45. The Morgan fingerprint density at radius 3 is 2.91 bits per heavy atom. The van der Waals surface area contributed by atoms with Gasteiger partial charge in [-0.1, -0.05) is 6.58 Å². The highest BCUT2D eigenvalue weighted by molar-refractivity contribution is 5.11. The maximum atomic E-state index is 5.45. The second kappa shape index (κ2) is 2.61. The van der Waals surface area contributed by atoms with Crippen LogP contribution in [0.1, 0.15) is 13.8 Å². The van der Waals surface area contributed by atoms with Gasteiger partial charge < -0.3 is 9.64 Å². The maximum Gasteiger partial charge on any atom is 0.141 e. The molecular formula is C9H15NO. The first-order valence-electron chi connectivity index (χ1n) is 3.77. The van der Waals surface area contributed by atoms with Crippen LogP contribution in [0.4, 0.5) is 0 Å². The smallest absolute Gasteiger partial charge is 0.141 e. The summed E-state index contributed by atoms with van der Waals surface area (Å²) in [6.07, 6.45) is 3.73. The fraction of sp³-hybridized carbons (Fsp3) is 0.556. The molecule has 0 unspecified atom stereocenters. The van der Waals surface area contributed by atoms with Gasteiger partial charge in [-0.2, -0.15) is 0 Å². The first kappa shape index (κ1) is 8.18. The van der Waals surface area contributed by atoms with Gasteiger partial charge in [-0.15, -0.1) is 0 Å². The number of hydrogen-bond acceptors (Lipinski definition) is 2. The lowest BCUT2D eigenvalue weighted by Crippen LogP contribution is -2.32. The van der Waals surface area contributed by atoms with Crippen molar-refractivity contribution in [1.29, 1.82) is 0 Å². The molecule has 0 spiro atoms. The highest BCUT2D eigenvalue weighted by Crippen LogP contribution is 2.23. The van der Waals surface area contributed by atoms with Gasteiger partial charge in [0, 0.05) is 19.3 Å². The zero-order chi connectivity index (χ0) is 8.48. The predicted molar refractivity (Wildman–Crippen MR) is 46.1 cm³/mol. The Balaban J connectivity index is 2.82. The van der Waals surface area contributed by atoms with Gasteiger partial charge >= 0.3 is 0 Å². The van der Waals surface area contributed by atoms with Crippen LogP contribution in [-0.2, 0) is 4.74 Å². The molecule has 11 heavy (non-hydrogen) atoms. The monoisotopic (exact) mass is 153 g/mol. The molecule has 0 radical (unpaired) electrons. The molecule has 2 heteroatoms. The number of hydrogen-bond donors (Lipinski definition) is 0. The average Bonchev–Trinajstić information content (AvgIpc) is 2.03. The Labute approximate surface area is 68.1 Å². The zero-order valence-corrected chi connectivity index (χ0v) is 7.42. The van der Waals surface area contributed by atoms with Gasteiger partial charge in [-0.3, -0.25) is 0 Å². The lowest BCUT2D eigenvalue weighted by Gasteiger charge is -2.30. The molecule has 0 atom stereocenters. The molecule has 1 rings (SSSR count). The normalized spacial score (nSPS) is 22.8. The number of nitrogens with zero attached hydrogens (tertiary/aromatic N) is 1. The Hall–Kier alpha value is -0.920. The van der Waals surface area contributed by atoms with E-state index in [1.807, 2.05) is 27.0 Å². The van der Waals surface area contributed by atoms with Crippen LogP contribution >= 0.6 is 0 Å². The minimum atomic E-state index is -0.262. The summed E-state index contributed by atoms with van der Waals surface area (Å²) in [5.41, 5.74) is 0.754. The molecule has 1 heterocycles. The van der Waals surface area contributed by atoms with Crippen molar-refractivity contribution in [2.75, 3.05) is 13.6 Å². The largest absolute Gasteiger partial charge is 0.490 e. The van der Waals surface area contributed by atoms with Crippen LogP contribution < -0.4 is 0 Å². The van der Waals surface area contributed by atoms with Crippen molar-refractivity contribution in [3.05, 3.63) is 24.6 Å². The summed E-state index contributed by atoms with van der Waals surface area (Å²) in [6, 6.07) is 0. The van der Waals surface area contributed by atoms with Crippen LogP contribution in [0.3, 0.4) is 0 Å². The van der Waals surface area contributed by atoms with Crippen molar-refractivity contribution in [2.45, 2.75) is 19.4 Å². The van der Waals surface area contributed by atoms with Crippen LogP contribution in [0.2, 0.25) is 0 Å². The average molecular weight is 153 g/mol.